The third kappa shape index (κ3) is 14.6. The Kier molecular flexibility index (Phi) is 18.9. The largest absolute Gasteiger partial charge is 0.458 e. The molecule has 0 radical (unpaired) electrons. The summed E-state index contributed by atoms with van der Waals surface area (Å²) in [4.78, 5) is 24.8. The highest BCUT2D eigenvalue weighted by Gasteiger charge is 2.45. The van der Waals surface area contributed by atoms with Gasteiger partial charge in [0.15, 0.2) is 11.7 Å². The fraction of sp³-hybridized carbons (Fsp3) is 0.604. The lowest BCUT2D eigenvalue weighted by molar-refractivity contribution is -0.286. The molecule has 69 heavy (non-hydrogen) atoms. The van der Waals surface area contributed by atoms with Gasteiger partial charge in [-0.2, -0.15) is 0 Å². The van der Waals surface area contributed by atoms with Crippen molar-refractivity contribution < 1.29 is 62.1 Å². The lowest BCUT2D eigenvalue weighted by Gasteiger charge is -2.44. The van der Waals surface area contributed by atoms with E-state index >= 15 is 0 Å². The Bertz CT molecular complexity index is 2210. The number of hydrogen-bond acceptors (Lipinski definition) is 15. The normalized spacial score (nSPS) is 35.7. The van der Waals surface area contributed by atoms with Crippen molar-refractivity contribution in [1.29, 1.82) is 0 Å². The summed E-state index contributed by atoms with van der Waals surface area (Å²) in [7, 11) is 3.22. The molecule has 4 fully saturated rings. The Labute approximate surface area is 414 Å². The topological polar surface area (TPSA) is 194 Å². The molecule has 378 valence electrons. The number of oxazole rings is 2. The van der Waals surface area contributed by atoms with Gasteiger partial charge < -0.3 is 57.3 Å². The zero-order valence-corrected chi connectivity index (χ0v) is 42.3. The molecule has 3 N–H and O–H groups in total. The average molecular weight is 1020 g/mol. The van der Waals surface area contributed by atoms with Gasteiger partial charge in [0.1, 0.15) is 36.1 Å². The Morgan fingerprint density at radius 2 is 1.78 bits per heavy atom. The van der Waals surface area contributed by atoms with Crippen LogP contribution in [0.1, 0.15) is 121 Å². The summed E-state index contributed by atoms with van der Waals surface area (Å²) in [6.07, 6.45) is 19.5. The molecule has 4 unspecified atom stereocenters. The van der Waals surface area contributed by atoms with Crippen molar-refractivity contribution in [3.05, 3.63) is 107 Å². The third-order valence-corrected chi connectivity index (χ3v) is 14.2. The van der Waals surface area contributed by atoms with Gasteiger partial charge in [-0.1, -0.05) is 84.0 Å². The standard InChI is InChI=1S/C53H71BrN2O13/c1-31(16-17-38(61-6)12-10-18-54)21-44(58)47-26-42(62-7)27-53(60,69-47)28-49-55-36(29-63-49)22-33(3)51-35(5)52-34(4)45(67-51)13-9-14-48-56-43(30-64-48)46-24-37(57)23-41(66-46)25-40-20-32(2)19-39(65-40)11-8-15-50(59)68-52/h8-10,14-18,21-22,29-30,34-35,37-42,44-47,51-52,57-58,60H,2,11-13,19-20,23-28H2,1,3-7H3/b14-9+,15-8?,17-16+,18-10+,31-21+,33-22+/t34-,35-,37+,38?,39-,40+,41?,42?,44+,45+,46?,47+,51-,52-,53-/m0/s1. The van der Waals surface area contributed by atoms with Crippen LogP contribution in [-0.2, 0) is 44.4 Å². The van der Waals surface area contributed by atoms with Crippen LogP contribution in [0.25, 0.3) is 12.2 Å². The van der Waals surface area contributed by atoms with Gasteiger partial charge in [-0.05, 0) is 75.1 Å². The van der Waals surface area contributed by atoms with Gasteiger partial charge in [0.2, 0.25) is 5.89 Å². The molecule has 0 saturated carbocycles. The van der Waals surface area contributed by atoms with Crippen LogP contribution < -0.4 is 0 Å². The molecule has 0 aromatic carbocycles. The van der Waals surface area contributed by atoms with E-state index in [1.165, 1.54) is 12.3 Å². The SMILES string of the molecule is C=C1C[C@@H]2CC3C[C@@H](O)CC(O3)c3coc(n3)/C=C/C[C@H]3O[C@@H](/C(C)=C/c4coc(C[C@]5(O)CC(OC)C[C@H]([C@H](O)/C=C(C)/C=C/C(C/C=C/Br)OC)O5)n4)[C@H](C)[C@@H](OC(=O)C=CC[C@@H](C1)O2)[C@H]3C. The Hall–Kier alpha value is -3.81. The summed E-state index contributed by atoms with van der Waals surface area (Å²) in [6, 6.07) is 0. The summed E-state index contributed by atoms with van der Waals surface area (Å²) in [5.41, 5.74) is 3.86. The number of methoxy groups -OCH3 is 2. The van der Waals surface area contributed by atoms with Crippen LogP contribution >= 0.6 is 15.9 Å². The van der Waals surface area contributed by atoms with Crippen LogP contribution in [0.5, 0.6) is 0 Å². The second-order valence-corrected chi connectivity index (χ2v) is 20.0. The van der Waals surface area contributed by atoms with Gasteiger partial charge in [0.05, 0.1) is 67.5 Å². The van der Waals surface area contributed by atoms with Crippen LogP contribution in [0.4, 0.5) is 0 Å². The molecule has 8 bridgehead atoms. The van der Waals surface area contributed by atoms with Crippen molar-refractivity contribution >= 4 is 34.1 Å². The first kappa shape index (κ1) is 53.0. The number of aliphatic hydroxyl groups is 3. The highest BCUT2D eigenvalue weighted by atomic mass is 79.9. The van der Waals surface area contributed by atoms with Gasteiger partial charge in [-0.25, -0.2) is 14.8 Å². The maximum absolute atomic E-state index is 13.6. The van der Waals surface area contributed by atoms with E-state index in [2.05, 4.69) is 22.5 Å². The van der Waals surface area contributed by atoms with Crippen molar-refractivity contribution in [3.63, 3.8) is 0 Å². The summed E-state index contributed by atoms with van der Waals surface area (Å²) >= 11 is 3.28. The number of fused-ring (bicyclic) bond motifs is 9. The monoisotopic (exact) mass is 1020 g/mol. The summed E-state index contributed by atoms with van der Waals surface area (Å²) in [6.45, 7) is 12.2. The van der Waals surface area contributed by atoms with Crippen molar-refractivity contribution in [2.24, 2.45) is 11.8 Å². The number of carbonyl (C=O) groups is 1. The second kappa shape index (κ2) is 24.5. The van der Waals surface area contributed by atoms with Gasteiger partial charge in [-0.15, -0.1) is 0 Å². The number of ether oxygens (including phenoxy) is 7. The number of rotatable bonds is 12. The van der Waals surface area contributed by atoms with Crippen LogP contribution in [0, 0.1) is 11.8 Å². The van der Waals surface area contributed by atoms with E-state index in [-0.39, 0.29) is 67.2 Å². The Morgan fingerprint density at radius 1 is 0.986 bits per heavy atom. The molecule has 2 aromatic rings. The minimum Gasteiger partial charge on any atom is -0.458 e. The summed E-state index contributed by atoms with van der Waals surface area (Å²) in [5, 5.41) is 33.9. The molecule has 7 heterocycles. The van der Waals surface area contributed by atoms with Crippen molar-refractivity contribution in [1.82, 2.24) is 9.97 Å². The molecule has 0 spiro atoms. The van der Waals surface area contributed by atoms with Gasteiger partial charge in [0.25, 0.3) is 0 Å². The van der Waals surface area contributed by atoms with Gasteiger partial charge in [0, 0.05) is 57.8 Å². The van der Waals surface area contributed by atoms with Crippen LogP contribution in [-0.4, -0.2) is 118 Å². The number of hydrogen-bond donors (Lipinski definition) is 3. The lowest BCUT2D eigenvalue weighted by Crippen LogP contribution is -2.51. The number of nitrogens with zero attached hydrogens (tertiary/aromatic N) is 2. The quantitative estimate of drug-likeness (QED) is 0.104. The molecule has 2 aromatic heterocycles. The van der Waals surface area contributed by atoms with E-state index in [0.29, 0.717) is 75.1 Å². The molecule has 15 atom stereocenters. The highest BCUT2D eigenvalue weighted by molar-refractivity contribution is 9.11. The smallest absolute Gasteiger partial charge is 0.330 e. The van der Waals surface area contributed by atoms with E-state index in [0.717, 1.165) is 16.7 Å². The Balaban J connectivity index is 1.06. The fourth-order valence-corrected chi connectivity index (χ4v) is 10.6. The Morgan fingerprint density at radius 3 is 2.57 bits per heavy atom. The van der Waals surface area contributed by atoms with Crippen LogP contribution in [0.15, 0.2) is 92.2 Å². The maximum atomic E-state index is 13.6. The molecule has 15 nitrogen and oxygen atoms in total. The first-order chi connectivity index (χ1) is 33.1. The van der Waals surface area contributed by atoms with E-state index in [4.69, 9.17) is 52.0 Å². The van der Waals surface area contributed by atoms with Crippen LogP contribution in [0.2, 0.25) is 0 Å². The summed E-state index contributed by atoms with van der Waals surface area (Å²) < 4.78 is 55.2. The molecular formula is C53H71BrN2O13. The number of aliphatic hydroxyl groups excluding tert-OH is 2. The lowest BCUT2D eigenvalue weighted by atomic mass is 9.79. The molecule has 7 rings (SSSR count). The van der Waals surface area contributed by atoms with E-state index in [9.17, 15) is 20.1 Å². The van der Waals surface area contributed by atoms with Crippen molar-refractivity contribution in [3.8, 4) is 0 Å². The molecular weight excluding hydrogens is 952 g/mol. The maximum Gasteiger partial charge on any atom is 0.330 e. The highest BCUT2D eigenvalue weighted by Crippen LogP contribution is 2.40. The molecule has 5 aliphatic heterocycles. The van der Waals surface area contributed by atoms with Crippen LogP contribution in [0.3, 0.4) is 0 Å². The first-order valence-corrected chi connectivity index (χ1v) is 25.2. The average Bonchev–Trinajstić information content (AvgIpc) is 3.96. The number of carbonyl (C=O) groups excluding carboxylic acids is 1. The number of esters is 1. The molecule has 0 amide bonds. The molecule has 16 heteroatoms. The minimum absolute atomic E-state index is 0.0830. The van der Waals surface area contributed by atoms with E-state index in [1.54, 1.807) is 37.6 Å². The molecule has 4 saturated heterocycles. The zero-order valence-electron chi connectivity index (χ0n) is 40.7. The van der Waals surface area contributed by atoms with Gasteiger partial charge in [-0.3, -0.25) is 0 Å². The number of aromatic nitrogens is 2. The van der Waals surface area contributed by atoms with E-state index < -0.39 is 48.4 Å². The van der Waals surface area contributed by atoms with Crippen molar-refractivity contribution in [2.45, 2.75) is 177 Å². The second-order valence-electron chi connectivity index (χ2n) is 19.5. The minimum atomic E-state index is -1.73. The molecule has 0 aliphatic carbocycles. The predicted molar refractivity (Wildman–Crippen MR) is 261 cm³/mol. The van der Waals surface area contributed by atoms with Gasteiger partial charge >= 0.3 is 5.97 Å². The van der Waals surface area contributed by atoms with Crippen molar-refractivity contribution in [2.75, 3.05) is 14.2 Å². The third-order valence-electron chi connectivity index (χ3n) is 13.9. The fourth-order valence-electron chi connectivity index (χ4n) is 10.4. The zero-order chi connectivity index (χ0) is 49.2. The number of allylic oxidation sites excluding steroid dienone is 2. The summed E-state index contributed by atoms with van der Waals surface area (Å²) in [5.74, 6) is -1.95. The van der Waals surface area contributed by atoms with E-state index in [1.807, 2.05) is 64.2 Å². The number of halogens is 1. The first-order valence-electron chi connectivity index (χ1n) is 24.3. The predicted octanol–water partition coefficient (Wildman–Crippen LogP) is 8.76. The molecule has 5 aliphatic rings.